The molecule has 0 atom stereocenters. The SMILES string of the molecule is OCCCc1ccc(CO)n1-c1ccc(F)cc1. The summed E-state index contributed by atoms with van der Waals surface area (Å²) in [6, 6.07) is 9.91. The van der Waals surface area contributed by atoms with Crippen LogP contribution in [-0.4, -0.2) is 21.4 Å². The number of aromatic nitrogens is 1. The summed E-state index contributed by atoms with van der Waals surface area (Å²) >= 11 is 0. The summed E-state index contributed by atoms with van der Waals surface area (Å²) in [5.74, 6) is -0.284. The average Bonchev–Trinajstić information content (AvgIpc) is 2.80. The zero-order chi connectivity index (χ0) is 13.0. The maximum absolute atomic E-state index is 12.9. The molecule has 0 amide bonds. The number of aryl methyl sites for hydroxylation is 1. The number of aliphatic hydroxyl groups is 2. The van der Waals surface area contributed by atoms with E-state index in [4.69, 9.17) is 5.11 Å². The average molecular weight is 249 g/mol. The largest absolute Gasteiger partial charge is 0.396 e. The molecule has 0 aliphatic rings. The van der Waals surface area contributed by atoms with Crippen LogP contribution in [-0.2, 0) is 13.0 Å². The minimum Gasteiger partial charge on any atom is -0.396 e. The van der Waals surface area contributed by atoms with Gasteiger partial charge in [-0.25, -0.2) is 4.39 Å². The van der Waals surface area contributed by atoms with Crippen molar-refractivity contribution in [3.05, 3.63) is 53.6 Å². The number of hydrogen-bond acceptors (Lipinski definition) is 2. The number of aliphatic hydroxyl groups excluding tert-OH is 2. The zero-order valence-electron chi connectivity index (χ0n) is 10.0. The monoisotopic (exact) mass is 249 g/mol. The first kappa shape index (κ1) is 12.8. The Morgan fingerprint density at radius 2 is 1.61 bits per heavy atom. The Morgan fingerprint density at radius 3 is 2.22 bits per heavy atom. The second kappa shape index (κ2) is 5.80. The molecule has 0 unspecified atom stereocenters. The minimum atomic E-state index is -0.284. The molecule has 0 aliphatic heterocycles. The minimum absolute atomic E-state index is 0.0729. The summed E-state index contributed by atoms with van der Waals surface area (Å²) in [7, 11) is 0. The molecule has 0 aliphatic carbocycles. The van der Waals surface area contributed by atoms with Crippen molar-refractivity contribution in [3.8, 4) is 5.69 Å². The maximum Gasteiger partial charge on any atom is 0.123 e. The van der Waals surface area contributed by atoms with Crippen molar-refractivity contribution in [2.75, 3.05) is 6.61 Å². The Hall–Kier alpha value is -1.65. The van der Waals surface area contributed by atoms with Gasteiger partial charge in [-0.3, -0.25) is 0 Å². The van der Waals surface area contributed by atoms with E-state index in [1.54, 1.807) is 12.1 Å². The lowest BCUT2D eigenvalue weighted by Gasteiger charge is -2.12. The lowest BCUT2D eigenvalue weighted by Crippen LogP contribution is -2.05. The normalized spacial score (nSPS) is 10.8. The van der Waals surface area contributed by atoms with E-state index in [9.17, 15) is 9.50 Å². The van der Waals surface area contributed by atoms with Crippen LogP contribution in [0.2, 0.25) is 0 Å². The van der Waals surface area contributed by atoms with Gasteiger partial charge in [-0.2, -0.15) is 0 Å². The number of nitrogens with zero attached hydrogens (tertiary/aromatic N) is 1. The summed E-state index contributed by atoms with van der Waals surface area (Å²) in [5, 5.41) is 18.2. The molecule has 2 N–H and O–H groups in total. The van der Waals surface area contributed by atoms with E-state index in [0.29, 0.717) is 12.8 Å². The van der Waals surface area contributed by atoms with E-state index in [1.807, 2.05) is 16.7 Å². The van der Waals surface area contributed by atoms with Crippen molar-refractivity contribution in [1.29, 1.82) is 0 Å². The highest BCUT2D eigenvalue weighted by molar-refractivity contribution is 5.38. The van der Waals surface area contributed by atoms with Crippen LogP contribution in [0.25, 0.3) is 5.69 Å². The number of rotatable bonds is 5. The zero-order valence-corrected chi connectivity index (χ0v) is 10.0. The molecule has 4 heteroatoms. The second-order valence-corrected chi connectivity index (χ2v) is 4.11. The van der Waals surface area contributed by atoms with Gasteiger partial charge in [-0.05, 0) is 49.2 Å². The molecular formula is C14H16FNO2. The van der Waals surface area contributed by atoms with Crippen LogP contribution < -0.4 is 0 Å². The topological polar surface area (TPSA) is 45.4 Å². The van der Waals surface area contributed by atoms with Crippen LogP contribution >= 0.6 is 0 Å². The summed E-state index contributed by atoms with van der Waals surface area (Å²) < 4.78 is 14.8. The van der Waals surface area contributed by atoms with Crippen LogP contribution in [0.15, 0.2) is 36.4 Å². The van der Waals surface area contributed by atoms with Crippen molar-refractivity contribution in [3.63, 3.8) is 0 Å². The third kappa shape index (κ3) is 2.60. The van der Waals surface area contributed by atoms with Crippen molar-refractivity contribution in [2.24, 2.45) is 0 Å². The van der Waals surface area contributed by atoms with Gasteiger partial charge in [-0.15, -0.1) is 0 Å². The Balaban J connectivity index is 2.39. The van der Waals surface area contributed by atoms with Gasteiger partial charge < -0.3 is 14.8 Å². The highest BCUT2D eigenvalue weighted by atomic mass is 19.1. The van der Waals surface area contributed by atoms with Gasteiger partial charge >= 0.3 is 0 Å². The van der Waals surface area contributed by atoms with Crippen LogP contribution in [0.4, 0.5) is 4.39 Å². The first-order chi connectivity index (χ1) is 8.76. The first-order valence-electron chi connectivity index (χ1n) is 5.93. The fourth-order valence-electron chi connectivity index (χ4n) is 2.03. The Morgan fingerprint density at radius 1 is 0.944 bits per heavy atom. The first-order valence-corrected chi connectivity index (χ1v) is 5.93. The number of hydrogen-bond donors (Lipinski definition) is 2. The standard InChI is InChI=1S/C14H16FNO2/c15-11-3-5-13(6-4-11)16-12(2-1-9-17)7-8-14(16)10-18/h3-8,17-18H,1-2,9-10H2. The van der Waals surface area contributed by atoms with E-state index in [0.717, 1.165) is 17.1 Å². The smallest absolute Gasteiger partial charge is 0.123 e. The van der Waals surface area contributed by atoms with Gasteiger partial charge in [0, 0.05) is 23.7 Å². The highest BCUT2D eigenvalue weighted by Gasteiger charge is 2.09. The maximum atomic E-state index is 12.9. The molecular weight excluding hydrogens is 233 g/mol. The quantitative estimate of drug-likeness (QED) is 0.851. The van der Waals surface area contributed by atoms with E-state index in [-0.39, 0.29) is 19.0 Å². The third-order valence-electron chi connectivity index (χ3n) is 2.88. The van der Waals surface area contributed by atoms with E-state index < -0.39 is 0 Å². The van der Waals surface area contributed by atoms with Crippen molar-refractivity contribution < 1.29 is 14.6 Å². The molecule has 18 heavy (non-hydrogen) atoms. The highest BCUT2D eigenvalue weighted by Crippen LogP contribution is 2.19. The molecule has 2 aromatic rings. The summed E-state index contributed by atoms with van der Waals surface area (Å²) in [4.78, 5) is 0. The van der Waals surface area contributed by atoms with Gasteiger partial charge in [0.2, 0.25) is 0 Å². The second-order valence-electron chi connectivity index (χ2n) is 4.11. The lowest BCUT2D eigenvalue weighted by molar-refractivity contribution is 0.273. The molecule has 0 fully saturated rings. The summed E-state index contributed by atoms with van der Waals surface area (Å²) in [5.41, 5.74) is 2.58. The molecule has 3 nitrogen and oxygen atoms in total. The van der Waals surface area contributed by atoms with Crippen molar-refractivity contribution in [1.82, 2.24) is 4.57 Å². The van der Waals surface area contributed by atoms with E-state index >= 15 is 0 Å². The van der Waals surface area contributed by atoms with Gasteiger partial charge in [0.15, 0.2) is 0 Å². The van der Waals surface area contributed by atoms with Gasteiger partial charge in [-0.1, -0.05) is 0 Å². The lowest BCUT2D eigenvalue weighted by atomic mass is 10.2. The van der Waals surface area contributed by atoms with Crippen LogP contribution in [0.3, 0.4) is 0 Å². The van der Waals surface area contributed by atoms with Gasteiger partial charge in [0.25, 0.3) is 0 Å². The Labute approximate surface area is 105 Å². The van der Waals surface area contributed by atoms with Crippen LogP contribution in [0, 0.1) is 5.82 Å². The molecule has 0 radical (unpaired) electrons. The molecule has 1 aromatic heterocycles. The predicted molar refractivity (Wildman–Crippen MR) is 67.1 cm³/mol. The number of benzene rings is 1. The van der Waals surface area contributed by atoms with E-state index in [1.165, 1.54) is 12.1 Å². The van der Waals surface area contributed by atoms with E-state index in [2.05, 4.69) is 0 Å². The molecule has 0 saturated heterocycles. The van der Waals surface area contributed by atoms with Crippen molar-refractivity contribution in [2.45, 2.75) is 19.4 Å². The fourth-order valence-corrected chi connectivity index (χ4v) is 2.03. The predicted octanol–water partition coefficient (Wildman–Crippen LogP) is 2.03. The third-order valence-corrected chi connectivity index (χ3v) is 2.88. The Bertz CT molecular complexity index is 505. The number of halogens is 1. The van der Waals surface area contributed by atoms with Crippen molar-refractivity contribution >= 4 is 0 Å². The molecule has 1 aromatic carbocycles. The molecule has 2 rings (SSSR count). The van der Waals surface area contributed by atoms with Gasteiger partial charge in [0.1, 0.15) is 5.82 Å². The van der Waals surface area contributed by atoms with Crippen LogP contribution in [0.5, 0.6) is 0 Å². The Kier molecular flexibility index (Phi) is 4.12. The fraction of sp³-hybridized carbons (Fsp3) is 0.286. The van der Waals surface area contributed by atoms with Crippen LogP contribution in [0.1, 0.15) is 17.8 Å². The van der Waals surface area contributed by atoms with Gasteiger partial charge in [0.05, 0.1) is 6.61 Å². The summed E-state index contributed by atoms with van der Waals surface area (Å²) in [6.07, 6.45) is 1.38. The molecule has 1 heterocycles. The molecule has 0 saturated carbocycles. The summed E-state index contributed by atoms with van der Waals surface area (Å²) in [6.45, 7) is 0.0551. The molecule has 0 bridgehead atoms. The molecule has 0 spiro atoms. The molecule has 96 valence electrons.